The molecule has 0 fully saturated rings. The van der Waals surface area contributed by atoms with Gasteiger partial charge in [0.15, 0.2) is 0 Å². The number of anilines is 4. The first-order chi connectivity index (χ1) is 26.1. The lowest BCUT2D eigenvalue weighted by molar-refractivity contribution is -0.124. The molecule has 2 aromatic heterocycles. The second-order valence-corrected chi connectivity index (χ2v) is 18.0. The SMILES string of the molecule is C.C.C[C@@]1(Cc2ccc(Br)cc2)C(=O)N(c2cc(Cl)cc(Cl)c2)c2ncc(C#N)n21.C[C@@]1(Cc2ccc(Br)cc2)C(=O)N(c2cc(Cl)cc(Cl)c2)c2ncc(I)n21. The average molecular weight is 1090 g/mol. The summed E-state index contributed by atoms with van der Waals surface area (Å²) in [6.45, 7) is 3.76. The number of imidazole rings is 2. The number of nitrogens with zero attached hydrogens (tertiary/aromatic N) is 7. The molecule has 4 heterocycles. The Labute approximate surface area is 381 Å². The maximum absolute atomic E-state index is 13.6. The highest BCUT2D eigenvalue weighted by Gasteiger charge is 2.51. The molecule has 9 nitrogen and oxygen atoms in total. The van der Waals surface area contributed by atoms with E-state index in [-0.39, 0.29) is 26.7 Å². The fourth-order valence-electron chi connectivity index (χ4n) is 6.97. The van der Waals surface area contributed by atoms with E-state index in [9.17, 15) is 14.9 Å². The van der Waals surface area contributed by atoms with E-state index in [1.54, 1.807) is 52.1 Å². The third-order valence-electron chi connectivity index (χ3n) is 9.41. The van der Waals surface area contributed by atoms with Crippen LogP contribution in [0.15, 0.2) is 106 Å². The van der Waals surface area contributed by atoms with Crippen molar-refractivity contribution in [3.8, 4) is 6.07 Å². The van der Waals surface area contributed by atoms with Gasteiger partial charge in [-0.05, 0) is 108 Å². The normalized spacial score (nSPS) is 17.9. The first-order valence-electron chi connectivity index (χ1n) is 16.5. The van der Waals surface area contributed by atoms with Gasteiger partial charge in [-0.2, -0.15) is 5.26 Å². The molecule has 2 amide bonds. The van der Waals surface area contributed by atoms with Gasteiger partial charge in [-0.25, -0.2) is 19.8 Å². The summed E-state index contributed by atoms with van der Waals surface area (Å²) in [5, 5.41) is 11.3. The van der Waals surface area contributed by atoms with Gasteiger partial charge in [-0.1, -0.05) is 117 Å². The Morgan fingerprint density at radius 3 is 1.42 bits per heavy atom. The van der Waals surface area contributed by atoms with E-state index in [0.29, 0.717) is 61.9 Å². The molecule has 0 saturated heterocycles. The minimum Gasteiger partial charge on any atom is -0.289 e. The van der Waals surface area contributed by atoms with Crippen molar-refractivity contribution in [1.82, 2.24) is 19.1 Å². The molecule has 2 atom stereocenters. The predicted octanol–water partition coefficient (Wildman–Crippen LogP) is 12.9. The van der Waals surface area contributed by atoms with Gasteiger partial charge < -0.3 is 0 Å². The number of rotatable bonds is 6. The molecule has 2 aliphatic heterocycles. The molecule has 0 spiro atoms. The third-order valence-corrected chi connectivity index (χ3v) is 12.1. The summed E-state index contributed by atoms with van der Waals surface area (Å²) in [7, 11) is 0. The summed E-state index contributed by atoms with van der Waals surface area (Å²) >= 11 is 33.7. The van der Waals surface area contributed by atoms with Crippen molar-refractivity contribution in [2.75, 3.05) is 9.80 Å². The summed E-state index contributed by atoms with van der Waals surface area (Å²) in [4.78, 5) is 39.0. The van der Waals surface area contributed by atoms with Gasteiger partial charge in [-0.15, -0.1) is 0 Å². The first kappa shape index (κ1) is 44.7. The maximum atomic E-state index is 13.6. The zero-order valence-electron chi connectivity index (χ0n) is 28.7. The zero-order chi connectivity index (χ0) is 39.4. The van der Waals surface area contributed by atoms with E-state index in [0.717, 1.165) is 23.8 Å². The number of nitriles is 1. The van der Waals surface area contributed by atoms with Gasteiger partial charge in [0.1, 0.15) is 26.5 Å². The lowest BCUT2D eigenvalue weighted by Gasteiger charge is -2.26. The van der Waals surface area contributed by atoms with Crippen LogP contribution in [0.25, 0.3) is 0 Å². The van der Waals surface area contributed by atoms with Crippen LogP contribution in [0.1, 0.15) is 45.5 Å². The number of hydrogen-bond acceptors (Lipinski definition) is 5. The van der Waals surface area contributed by atoms with E-state index >= 15 is 0 Å². The van der Waals surface area contributed by atoms with Crippen LogP contribution in [0.4, 0.5) is 23.3 Å². The Hall–Kier alpha value is -3.42. The van der Waals surface area contributed by atoms with E-state index in [1.165, 1.54) is 11.1 Å². The maximum Gasteiger partial charge on any atom is 0.260 e. The topological polar surface area (TPSA) is 100 Å². The molecule has 8 rings (SSSR count). The fourth-order valence-corrected chi connectivity index (χ4v) is 9.41. The summed E-state index contributed by atoms with van der Waals surface area (Å²) < 4.78 is 6.52. The Morgan fingerprint density at radius 1 is 0.649 bits per heavy atom. The van der Waals surface area contributed by atoms with Crippen molar-refractivity contribution in [1.29, 1.82) is 5.26 Å². The molecule has 0 bridgehead atoms. The Bertz CT molecular complexity index is 2500. The number of halogens is 7. The third kappa shape index (κ3) is 8.40. The van der Waals surface area contributed by atoms with E-state index in [2.05, 4.69) is 70.5 Å². The number of aromatic nitrogens is 4. The zero-order valence-corrected chi connectivity index (χ0v) is 37.1. The molecule has 2 aliphatic rings. The molecule has 4 aromatic carbocycles. The van der Waals surface area contributed by atoms with Crippen molar-refractivity contribution in [2.45, 2.75) is 52.6 Å². The molecular weight excluding hydrogens is 1050 g/mol. The summed E-state index contributed by atoms with van der Waals surface area (Å²) in [5.74, 6) is 0.681. The van der Waals surface area contributed by atoms with Gasteiger partial charge in [0.2, 0.25) is 11.9 Å². The van der Waals surface area contributed by atoms with Crippen molar-refractivity contribution < 1.29 is 9.59 Å². The van der Waals surface area contributed by atoms with Gasteiger partial charge in [0, 0.05) is 41.9 Å². The molecule has 0 unspecified atom stereocenters. The van der Waals surface area contributed by atoms with Gasteiger partial charge >= 0.3 is 0 Å². The molecule has 0 aliphatic carbocycles. The highest BCUT2D eigenvalue weighted by atomic mass is 127. The lowest BCUT2D eigenvalue weighted by atomic mass is 9.91. The molecule has 6 aromatic rings. The van der Waals surface area contributed by atoms with Crippen molar-refractivity contribution >= 4 is 136 Å². The van der Waals surface area contributed by atoms with E-state index in [1.807, 2.05) is 66.9 Å². The molecule has 294 valence electrons. The molecule has 0 radical (unpaired) electrons. The van der Waals surface area contributed by atoms with Gasteiger partial charge in [0.05, 0.1) is 23.8 Å². The van der Waals surface area contributed by atoms with Crippen molar-refractivity contribution in [3.05, 3.63) is 147 Å². The molecule has 57 heavy (non-hydrogen) atoms. The second-order valence-electron chi connectivity index (χ2n) is 13.3. The van der Waals surface area contributed by atoms with Crippen molar-refractivity contribution in [2.24, 2.45) is 0 Å². The molecular formula is C41H34Br2Cl4IN7O2. The van der Waals surface area contributed by atoms with Crippen LogP contribution in [0.2, 0.25) is 20.1 Å². The Balaban J connectivity index is 0.000000210. The predicted molar refractivity (Wildman–Crippen MR) is 246 cm³/mol. The highest BCUT2D eigenvalue weighted by Crippen LogP contribution is 2.45. The van der Waals surface area contributed by atoms with E-state index in [4.69, 9.17) is 46.4 Å². The lowest BCUT2D eigenvalue weighted by Crippen LogP contribution is -2.41. The molecule has 0 N–H and O–H groups in total. The second kappa shape index (κ2) is 17.4. The number of fused-ring (bicyclic) bond motifs is 2. The minimum atomic E-state index is -1.01. The van der Waals surface area contributed by atoms with Crippen LogP contribution in [-0.4, -0.2) is 30.9 Å². The minimum absolute atomic E-state index is 0. The number of amides is 2. The van der Waals surface area contributed by atoms with E-state index < -0.39 is 11.1 Å². The Morgan fingerprint density at radius 2 is 1.02 bits per heavy atom. The van der Waals surface area contributed by atoms with Crippen LogP contribution >= 0.6 is 101 Å². The van der Waals surface area contributed by atoms with Gasteiger partial charge in [0.25, 0.3) is 11.8 Å². The highest BCUT2D eigenvalue weighted by molar-refractivity contribution is 14.1. The van der Waals surface area contributed by atoms with Crippen LogP contribution in [-0.2, 0) is 33.5 Å². The summed E-state index contributed by atoms with van der Waals surface area (Å²) in [6, 6.07) is 27.9. The smallest absolute Gasteiger partial charge is 0.260 e. The first-order valence-corrected chi connectivity index (χ1v) is 20.6. The molecule has 0 saturated carbocycles. The number of hydrogen-bond donors (Lipinski definition) is 0. The summed E-state index contributed by atoms with van der Waals surface area (Å²) in [5.41, 5.74) is 1.66. The average Bonchev–Trinajstić information content (AvgIpc) is 3.83. The van der Waals surface area contributed by atoms with Gasteiger partial charge in [-0.3, -0.25) is 18.7 Å². The summed E-state index contributed by atoms with van der Waals surface area (Å²) in [6.07, 6.45) is 4.19. The fraction of sp³-hybridized carbons (Fsp3) is 0.195. The van der Waals surface area contributed by atoms with Crippen molar-refractivity contribution in [3.63, 3.8) is 0 Å². The molecule has 16 heteroatoms. The monoisotopic (exact) mass is 1080 g/mol. The van der Waals surface area contributed by atoms with Crippen LogP contribution in [0.5, 0.6) is 0 Å². The number of carbonyl (C=O) groups is 2. The van der Waals surface area contributed by atoms with Crippen LogP contribution in [0.3, 0.4) is 0 Å². The van der Waals surface area contributed by atoms with Crippen LogP contribution < -0.4 is 9.80 Å². The number of benzene rings is 4. The quantitative estimate of drug-likeness (QED) is 0.155. The standard InChI is InChI=1S/C20H13BrCl2N4O.C19H13BrCl2IN3O.2CH4/c1-20(9-12-2-4-13(21)5-3-12)18(28)26(16-7-14(22)6-15(23)8-16)19-25-11-17(10-24)27(19)20;1-19(9-11-2-4-12(20)5-3-11)17(27)25(18-24-10-16(23)26(18)19)15-7-13(21)6-14(22)8-15;;/h2-8,11H,9H2,1H3;2-8,10H,9H2,1H3;2*1H4/t20-;19-;;/m11../s1. The largest absolute Gasteiger partial charge is 0.289 e. The van der Waals surface area contributed by atoms with Crippen LogP contribution in [0, 0.1) is 15.0 Å². The number of carbonyl (C=O) groups excluding carboxylic acids is 2. The Kier molecular flexibility index (Phi) is 13.7.